The first-order valence-electron chi connectivity index (χ1n) is 5.52. The summed E-state index contributed by atoms with van der Waals surface area (Å²) in [6, 6.07) is 6.96. The molecule has 4 heteroatoms. The van der Waals surface area contributed by atoms with Crippen LogP contribution in [0.2, 0.25) is 0 Å². The molecule has 18 heavy (non-hydrogen) atoms. The van der Waals surface area contributed by atoms with Gasteiger partial charge in [-0.25, -0.2) is 4.79 Å². The number of ether oxygens (including phenoxy) is 1. The van der Waals surface area contributed by atoms with Gasteiger partial charge in [0.1, 0.15) is 0 Å². The lowest BCUT2D eigenvalue weighted by molar-refractivity contribution is 0.0601. The molecule has 92 valence electrons. The Morgan fingerprint density at radius 3 is 2.67 bits per heavy atom. The van der Waals surface area contributed by atoms with Crippen LogP contribution in [0, 0.1) is 0 Å². The third-order valence-corrected chi connectivity index (χ3v) is 2.75. The summed E-state index contributed by atoms with van der Waals surface area (Å²) in [7, 11) is 1.32. The summed E-state index contributed by atoms with van der Waals surface area (Å²) in [4.78, 5) is 26.5. The van der Waals surface area contributed by atoms with Crippen molar-refractivity contribution in [2.75, 3.05) is 7.11 Å². The number of carbonyl (C=O) groups is 1. The van der Waals surface area contributed by atoms with Crippen molar-refractivity contribution in [3.63, 3.8) is 0 Å². The van der Waals surface area contributed by atoms with Crippen LogP contribution in [0.3, 0.4) is 0 Å². The summed E-state index contributed by atoms with van der Waals surface area (Å²) in [6.45, 7) is 3.62. The quantitative estimate of drug-likeness (QED) is 0.663. The third kappa shape index (κ3) is 1.93. The topological polar surface area (TPSA) is 59.2 Å². The first kappa shape index (κ1) is 12.1. The zero-order valence-electron chi connectivity index (χ0n) is 10.0. The highest BCUT2D eigenvalue weighted by Gasteiger charge is 2.17. The summed E-state index contributed by atoms with van der Waals surface area (Å²) in [6.07, 6.45) is 2.04. The molecule has 1 aromatic carbocycles. The van der Waals surface area contributed by atoms with Crippen molar-refractivity contribution in [2.45, 2.75) is 6.42 Å². The van der Waals surface area contributed by atoms with E-state index >= 15 is 0 Å². The lowest BCUT2D eigenvalue weighted by Crippen LogP contribution is -2.16. The van der Waals surface area contributed by atoms with Gasteiger partial charge in [-0.05, 0) is 6.07 Å². The van der Waals surface area contributed by atoms with Crippen LogP contribution in [-0.4, -0.2) is 18.1 Å². The molecule has 1 aromatic heterocycles. The zero-order valence-corrected chi connectivity index (χ0v) is 10.0. The van der Waals surface area contributed by atoms with E-state index in [1.165, 1.54) is 7.11 Å². The molecule has 0 atom stereocenters. The monoisotopic (exact) mass is 243 g/mol. The highest BCUT2D eigenvalue weighted by molar-refractivity contribution is 6.05. The number of hydrogen-bond acceptors (Lipinski definition) is 3. The standard InChI is InChI=1S/C14H13NO3/c1-3-6-11-12(14(17)18-2)9-7-4-5-8-10(9)13(16)15-11/h3-5,7-8H,1,6H2,2H3,(H,15,16). The van der Waals surface area contributed by atoms with Crippen LogP contribution in [0.1, 0.15) is 16.1 Å². The molecule has 0 saturated carbocycles. The van der Waals surface area contributed by atoms with Gasteiger partial charge in [-0.2, -0.15) is 0 Å². The number of allylic oxidation sites excluding steroid dienone is 1. The fraction of sp³-hybridized carbons (Fsp3) is 0.143. The van der Waals surface area contributed by atoms with Gasteiger partial charge >= 0.3 is 5.97 Å². The molecule has 2 rings (SSSR count). The number of nitrogens with one attached hydrogen (secondary N) is 1. The molecule has 2 aromatic rings. The molecule has 0 spiro atoms. The molecule has 0 aliphatic heterocycles. The molecule has 4 nitrogen and oxygen atoms in total. The zero-order chi connectivity index (χ0) is 13.1. The number of esters is 1. The average molecular weight is 243 g/mol. The first-order chi connectivity index (χ1) is 8.69. The molecule has 0 bridgehead atoms. The Kier molecular flexibility index (Phi) is 3.28. The molecule has 1 N–H and O–H groups in total. The van der Waals surface area contributed by atoms with Gasteiger partial charge in [0.15, 0.2) is 0 Å². The number of fused-ring (bicyclic) bond motifs is 1. The number of benzene rings is 1. The number of carbonyl (C=O) groups excluding carboxylic acids is 1. The fourth-order valence-electron chi connectivity index (χ4n) is 1.96. The molecule has 0 radical (unpaired) electrons. The Balaban J connectivity index is 2.87. The van der Waals surface area contributed by atoms with E-state index in [1.807, 2.05) is 0 Å². The van der Waals surface area contributed by atoms with Gasteiger partial charge in [-0.15, -0.1) is 6.58 Å². The van der Waals surface area contributed by atoms with Gasteiger partial charge in [0.05, 0.1) is 12.7 Å². The van der Waals surface area contributed by atoms with Crippen LogP contribution >= 0.6 is 0 Å². The number of hydrogen-bond donors (Lipinski definition) is 1. The average Bonchev–Trinajstić information content (AvgIpc) is 2.39. The normalized spacial score (nSPS) is 10.3. The molecule has 0 aliphatic carbocycles. The number of aromatic amines is 1. The van der Waals surface area contributed by atoms with E-state index in [2.05, 4.69) is 11.6 Å². The predicted octanol–water partition coefficient (Wildman–Crippen LogP) is 2.04. The minimum atomic E-state index is -0.459. The van der Waals surface area contributed by atoms with E-state index in [-0.39, 0.29) is 5.56 Å². The molecular weight excluding hydrogens is 230 g/mol. The Morgan fingerprint density at radius 1 is 1.39 bits per heavy atom. The van der Waals surface area contributed by atoms with Crippen molar-refractivity contribution < 1.29 is 9.53 Å². The predicted molar refractivity (Wildman–Crippen MR) is 69.8 cm³/mol. The summed E-state index contributed by atoms with van der Waals surface area (Å²) < 4.78 is 4.78. The molecule has 0 amide bonds. The molecule has 1 heterocycles. The SMILES string of the molecule is C=CCc1[nH]c(=O)c2ccccc2c1C(=O)OC. The van der Waals surface area contributed by atoms with Crippen molar-refractivity contribution >= 4 is 16.7 Å². The van der Waals surface area contributed by atoms with Crippen LogP contribution < -0.4 is 5.56 Å². The Labute approximate surface area is 104 Å². The van der Waals surface area contributed by atoms with E-state index < -0.39 is 5.97 Å². The van der Waals surface area contributed by atoms with E-state index in [4.69, 9.17) is 4.74 Å². The fourth-order valence-corrected chi connectivity index (χ4v) is 1.96. The maximum Gasteiger partial charge on any atom is 0.340 e. The molecular formula is C14H13NO3. The number of methoxy groups -OCH3 is 1. The van der Waals surface area contributed by atoms with Gasteiger partial charge in [0, 0.05) is 22.9 Å². The van der Waals surface area contributed by atoms with E-state index in [1.54, 1.807) is 30.3 Å². The van der Waals surface area contributed by atoms with Crippen molar-refractivity contribution in [3.8, 4) is 0 Å². The van der Waals surface area contributed by atoms with Crippen LogP contribution in [0.5, 0.6) is 0 Å². The lowest BCUT2D eigenvalue weighted by Gasteiger charge is -2.09. The smallest absolute Gasteiger partial charge is 0.340 e. The first-order valence-corrected chi connectivity index (χ1v) is 5.52. The van der Waals surface area contributed by atoms with E-state index in [9.17, 15) is 9.59 Å². The van der Waals surface area contributed by atoms with Crippen molar-refractivity contribution in [1.29, 1.82) is 0 Å². The van der Waals surface area contributed by atoms with Gasteiger partial charge < -0.3 is 9.72 Å². The number of pyridine rings is 1. The van der Waals surface area contributed by atoms with Crippen LogP contribution in [0.15, 0.2) is 41.7 Å². The van der Waals surface area contributed by atoms with Gasteiger partial charge in [0.2, 0.25) is 0 Å². The van der Waals surface area contributed by atoms with Crippen molar-refractivity contribution in [1.82, 2.24) is 4.98 Å². The Bertz CT molecular complexity index is 670. The molecule has 0 aliphatic rings. The number of aromatic nitrogens is 1. The van der Waals surface area contributed by atoms with Crippen LogP contribution in [0.4, 0.5) is 0 Å². The van der Waals surface area contributed by atoms with Gasteiger partial charge in [-0.3, -0.25) is 4.79 Å². The lowest BCUT2D eigenvalue weighted by atomic mass is 10.0. The third-order valence-electron chi connectivity index (χ3n) is 2.75. The largest absolute Gasteiger partial charge is 0.465 e. The summed E-state index contributed by atoms with van der Waals surface area (Å²) in [5, 5.41) is 1.08. The number of H-pyrrole nitrogens is 1. The highest BCUT2D eigenvalue weighted by Crippen LogP contribution is 2.19. The maximum absolute atomic E-state index is 11.9. The van der Waals surface area contributed by atoms with Gasteiger partial charge in [0.25, 0.3) is 5.56 Å². The molecule has 0 unspecified atom stereocenters. The van der Waals surface area contributed by atoms with E-state index in [0.717, 1.165) is 0 Å². The second kappa shape index (κ2) is 4.87. The molecule has 0 saturated heterocycles. The van der Waals surface area contributed by atoms with Crippen molar-refractivity contribution in [2.24, 2.45) is 0 Å². The van der Waals surface area contributed by atoms with Crippen LogP contribution in [0.25, 0.3) is 10.8 Å². The summed E-state index contributed by atoms with van der Waals surface area (Å²) in [5.41, 5.74) is 0.711. The van der Waals surface area contributed by atoms with E-state index in [0.29, 0.717) is 28.5 Å². The summed E-state index contributed by atoms with van der Waals surface area (Å²) in [5.74, 6) is -0.459. The number of rotatable bonds is 3. The minimum absolute atomic E-state index is 0.213. The van der Waals surface area contributed by atoms with Gasteiger partial charge in [-0.1, -0.05) is 24.3 Å². The Morgan fingerprint density at radius 2 is 2.06 bits per heavy atom. The molecule has 0 fully saturated rings. The second-order valence-electron chi connectivity index (χ2n) is 3.84. The Hall–Kier alpha value is -2.36. The van der Waals surface area contributed by atoms with Crippen LogP contribution in [-0.2, 0) is 11.2 Å². The highest BCUT2D eigenvalue weighted by atomic mass is 16.5. The van der Waals surface area contributed by atoms with Crippen molar-refractivity contribution in [3.05, 3.63) is 58.5 Å². The minimum Gasteiger partial charge on any atom is -0.465 e. The maximum atomic E-state index is 11.9. The summed E-state index contributed by atoms with van der Waals surface area (Å²) >= 11 is 0. The second-order valence-corrected chi connectivity index (χ2v) is 3.84.